The van der Waals surface area contributed by atoms with Crippen LogP contribution in [0.25, 0.3) is 0 Å². The molecule has 1 atom stereocenters. The number of hydrogen-bond acceptors (Lipinski definition) is 12. The van der Waals surface area contributed by atoms with Crippen LogP contribution in [0.2, 0.25) is 0 Å². The van der Waals surface area contributed by atoms with Gasteiger partial charge < -0.3 is 34.7 Å². The Hall–Kier alpha value is -4.93. The fraction of sp³-hybridized carbons (Fsp3) is 0.424. The number of β-amino-alcohol motifs (C(OH)–C–C–N with tert-alkyl or cyclic N) is 1. The fourth-order valence-electron chi connectivity index (χ4n) is 5.18. The van der Waals surface area contributed by atoms with Gasteiger partial charge in [-0.2, -0.15) is 5.26 Å². The van der Waals surface area contributed by atoms with Crippen molar-refractivity contribution in [3.63, 3.8) is 0 Å². The predicted octanol–water partition coefficient (Wildman–Crippen LogP) is 4.01. The van der Waals surface area contributed by atoms with Crippen LogP contribution in [0.15, 0.2) is 65.0 Å². The summed E-state index contributed by atoms with van der Waals surface area (Å²) in [4.78, 5) is 37.1. The molecule has 0 spiro atoms. The summed E-state index contributed by atoms with van der Waals surface area (Å²) in [6, 6.07) is 12.9. The number of aliphatic hydroxyl groups excluding tert-OH is 1. The van der Waals surface area contributed by atoms with Crippen LogP contribution in [-0.2, 0) is 19.1 Å². The van der Waals surface area contributed by atoms with Crippen molar-refractivity contribution < 1.29 is 38.6 Å². The van der Waals surface area contributed by atoms with Gasteiger partial charge in [-0.15, -0.1) is 0 Å². The largest absolute Gasteiger partial charge is 0.493 e. The molecule has 0 radical (unpaired) electrons. The molecule has 246 valence electrons. The molecule has 13 heteroatoms. The van der Waals surface area contributed by atoms with Gasteiger partial charge in [0.05, 0.1) is 48.4 Å². The van der Waals surface area contributed by atoms with E-state index in [9.17, 15) is 30.1 Å². The molecule has 0 aromatic heterocycles. The molecule has 0 fully saturated rings. The van der Waals surface area contributed by atoms with Crippen molar-refractivity contribution in [2.75, 3.05) is 34.0 Å². The summed E-state index contributed by atoms with van der Waals surface area (Å²) in [5.41, 5.74) is 1.04. The Bertz CT molecular complexity index is 1520. The van der Waals surface area contributed by atoms with E-state index < -0.39 is 34.4 Å². The van der Waals surface area contributed by atoms with Crippen LogP contribution in [0, 0.1) is 21.4 Å². The van der Waals surface area contributed by atoms with E-state index in [1.165, 1.54) is 32.4 Å². The zero-order chi connectivity index (χ0) is 34.0. The average molecular weight is 637 g/mol. The molecular weight excluding hydrogens is 596 g/mol. The third kappa shape index (κ3) is 8.83. The first-order chi connectivity index (χ1) is 21.8. The number of ether oxygens (including phenoxy) is 4. The van der Waals surface area contributed by atoms with Gasteiger partial charge in [0.1, 0.15) is 30.3 Å². The molecule has 2 aromatic carbocycles. The lowest BCUT2D eigenvalue weighted by atomic mass is 9.79. The number of nitro benzene ring substituents is 1. The van der Waals surface area contributed by atoms with E-state index >= 15 is 0 Å². The van der Waals surface area contributed by atoms with Gasteiger partial charge in [0.25, 0.3) is 5.69 Å². The summed E-state index contributed by atoms with van der Waals surface area (Å²) in [6.45, 7) is 7.72. The Labute approximate surface area is 267 Å². The molecule has 3 N–H and O–H groups in total. The number of nitrogens with zero attached hydrogens (tertiary/aromatic N) is 2. The number of esters is 2. The van der Waals surface area contributed by atoms with Crippen LogP contribution in [0.4, 0.5) is 5.69 Å². The number of carbonyl (C=O) groups excluding carboxylic acids is 2. The molecule has 0 aliphatic carbocycles. The zero-order valence-corrected chi connectivity index (χ0v) is 26.8. The van der Waals surface area contributed by atoms with Crippen molar-refractivity contribution in [2.45, 2.75) is 58.1 Å². The first-order valence-electron chi connectivity index (χ1n) is 14.6. The Balaban J connectivity index is 1.73. The van der Waals surface area contributed by atoms with Crippen LogP contribution in [0.5, 0.6) is 11.5 Å². The van der Waals surface area contributed by atoms with E-state index in [1.54, 1.807) is 38.1 Å². The lowest BCUT2D eigenvalue weighted by Gasteiger charge is -2.31. The number of rotatable bonds is 15. The smallest absolute Gasteiger partial charge is 0.336 e. The molecule has 0 bridgehead atoms. The van der Waals surface area contributed by atoms with Crippen molar-refractivity contribution in [3.8, 4) is 17.6 Å². The second kappa shape index (κ2) is 15.9. The monoisotopic (exact) mass is 636 g/mol. The van der Waals surface area contributed by atoms with E-state index in [4.69, 9.17) is 18.9 Å². The molecule has 1 aliphatic rings. The molecule has 1 aliphatic heterocycles. The first kappa shape index (κ1) is 35.5. The maximum absolute atomic E-state index is 13.0. The summed E-state index contributed by atoms with van der Waals surface area (Å²) in [5.74, 6) is -1.81. The van der Waals surface area contributed by atoms with Crippen molar-refractivity contribution in [3.05, 3.63) is 86.2 Å². The number of nitrogens with one attached hydrogen (secondary N) is 2. The number of non-ortho nitro benzene ring substituents is 1. The standard InChI is InChI=1S/C33H40N4O9/c1-20-28(31(39)43-5)30(29(21(2)36-20)32(40)44-6)25-16-23(37(41)42)12-13-27(25)45-15-9-14-33(3,4)35-18-24(38)19-46-26-11-8-7-10-22(26)17-34/h7-8,10-13,16,24,30,35-36,38H,9,14-15,18-19H2,1-6H3. The number of carbonyl (C=O) groups is 2. The van der Waals surface area contributed by atoms with Gasteiger partial charge in [-0.25, -0.2) is 9.59 Å². The Morgan fingerprint density at radius 3 is 2.28 bits per heavy atom. The lowest BCUT2D eigenvalue weighted by Crippen LogP contribution is -2.44. The molecule has 1 unspecified atom stereocenters. The Morgan fingerprint density at radius 2 is 1.70 bits per heavy atom. The number of nitro groups is 1. The maximum Gasteiger partial charge on any atom is 0.336 e. The number of hydrogen-bond donors (Lipinski definition) is 3. The molecule has 0 saturated heterocycles. The van der Waals surface area contributed by atoms with Crippen molar-refractivity contribution in [1.29, 1.82) is 5.26 Å². The number of aliphatic hydroxyl groups is 1. The second-order valence-electron chi connectivity index (χ2n) is 11.4. The minimum atomic E-state index is -1.06. The molecule has 2 aromatic rings. The van der Waals surface area contributed by atoms with Gasteiger partial charge in [0.15, 0.2) is 0 Å². The minimum Gasteiger partial charge on any atom is -0.493 e. The van der Waals surface area contributed by atoms with Crippen molar-refractivity contribution >= 4 is 17.6 Å². The van der Waals surface area contributed by atoms with Gasteiger partial charge in [-0.05, 0) is 58.7 Å². The highest BCUT2D eigenvalue weighted by Crippen LogP contribution is 2.44. The van der Waals surface area contributed by atoms with Crippen LogP contribution < -0.4 is 20.1 Å². The maximum atomic E-state index is 13.0. The summed E-state index contributed by atoms with van der Waals surface area (Å²) < 4.78 is 21.8. The lowest BCUT2D eigenvalue weighted by molar-refractivity contribution is -0.384. The highest BCUT2D eigenvalue weighted by Gasteiger charge is 2.40. The first-order valence-corrected chi connectivity index (χ1v) is 14.6. The number of allylic oxidation sites excluding steroid dienone is 2. The van der Waals surface area contributed by atoms with E-state index in [0.717, 1.165) is 0 Å². The predicted molar refractivity (Wildman–Crippen MR) is 168 cm³/mol. The third-order valence-corrected chi connectivity index (χ3v) is 7.54. The van der Waals surface area contributed by atoms with E-state index in [1.807, 2.05) is 13.8 Å². The third-order valence-electron chi connectivity index (χ3n) is 7.54. The normalized spacial score (nSPS) is 14.2. The minimum absolute atomic E-state index is 0.00740. The fourth-order valence-corrected chi connectivity index (χ4v) is 5.18. The van der Waals surface area contributed by atoms with E-state index in [0.29, 0.717) is 35.5 Å². The van der Waals surface area contributed by atoms with Crippen molar-refractivity contribution in [2.24, 2.45) is 0 Å². The van der Waals surface area contributed by atoms with Crippen LogP contribution >= 0.6 is 0 Å². The Morgan fingerprint density at radius 1 is 1.07 bits per heavy atom. The number of nitriles is 1. The van der Waals surface area contributed by atoms with E-state index in [-0.39, 0.29) is 47.9 Å². The SMILES string of the molecule is COC(=O)C1=C(C)NC(C)=C(C(=O)OC)C1c1cc([N+](=O)[O-])ccc1OCCCC(C)(C)NCC(O)COc1ccccc1C#N. The average Bonchev–Trinajstić information content (AvgIpc) is 3.03. The summed E-state index contributed by atoms with van der Waals surface area (Å²) in [6.07, 6.45) is 0.366. The second-order valence-corrected chi connectivity index (χ2v) is 11.4. The quantitative estimate of drug-likeness (QED) is 0.111. The number of dihydropyridines is 1. The molecule has 46 heavy (non-hydrogen) atoms. The summed E-state index contributed by atoms with van der Waals surface area (Å²) in [5, 5.41) is 37.7. The molecule has 0 saturated carbocycles. The molecule has 13 nitrogen and oxygen atoms in total. The number of para-hydroxylation sites is 1. The number of benzene rings is 2. The van der Waals surface area contributed by atoms with Crippen LogP contribution in [-0.4, -0.2) is 67.6 Å². The molecule has 3 rings (SSSR count). The van der Waals surface area contributed by atoms with Crippen molar-refractivity contribution in [1.82, 2.24) is 10.6 Å². The van der Waals surface area contributed by atoms with Gasteiger partial charge in [-0.1, -0.05) is 12.1 Å². The summed E-state index contributed by atoms with van der Waals surface area (Å²) >= 11 is 0. The van der Waals surface area contributed by atoms with Crippen LogP contribution in [0.3, 0.4) is 0 Å². The topological polar surface area (TPSA) is 182 Å². The Kier molecular flexibility index (Phi) is 12.3. The zero-order valence-electron chi connectivity index (χ0n) is 26.8. The van der Waals surface area contributed by atoms with Gasteiger partial charge in [0, 0.05) is 41.2 Å². The molecule has 1 heterocycles. The van der Waals surface area contributed by atoms with Gasteiger partial charge >= 0.3 is 11.9 Å². The van der Waals surface area contributed by atoms with Gasteiger partial charge in [0.2, 0.25) is 0 Å². The van der Waals surface area contributed by atoms with E-state index in [2.05, 4.69) is 16.7 Å². The van der Waals surface area contributed by atoms with Crippen LogP contribution in [0.1, 0.15) is 57.6 Å². The highest BCUT2D eigenvalue weighted by molar-refractivity contribution is 6.00. The van der Waals surface area contributed by atoms with Gasteiger partial charge in [-0.3, -0.25) is 10.1 Å². The summed E-state index contributed by atoms with van der Waals surface area (Å²) in [7, 11) is 2.42. The highest BCUT2D eigenvalue weighted by atomic mass is 16.6. The number of methoxy groups -OCH3 is 2. The molecule has 0 amide bonds. The molecular formula is C33H40N4O9.